The number of hydrogen-bond acceptors (Lipinski definition) is 14. The van der Waals surface area contributed by atoms with Gasteiger partial charge < -0.3 is 58.9 Å². The number of aliphatic carboxylic acids is 1. The maximum atomic E-state index is 11.9. The average molecular weight is 1540 g/mol. The van der Waals surface area contributed by atoms with Crippen molar-refractivity contribution in [1.29, 1.82) is 0 Å². The summed E-state index contributed by atoms with van der Waals surface area (Å²) in [5, 5.41) is 23.3. The second kappa shape index (κ2) is 34.9. The average Bonchev–Trinajstić information content (AvgIpc) is 1.66. The first kappa shape index (κ1) is 81.7. The van der Waals surface area contributed by atoms with Gasteiger partial charge in [-0.1, -0.05) is 86.1 Å². The first-order chi connectivity index (χ1) is 46.4. The third-order valence-electron chi connectivity index (χ3n) is 13.3. The van der Waals surface area contributed by atoms with Crippen molar-refractivity contribution in [2.45, 2.75) is 138 Å². The van der Waals surface area contributed by atoms with E-state index in [2.05, 4.69) is 15.9 Å². The highest BCUT2D eigenvalue weighted by atomic mass is 79.9. The fourth-order valence-corrected chi connectivity index (χ4v) is 10.8. The predicted octanol–water partition coefficient (Wildman–Crippen LogP) is 15.2. The van der Waals surface area contributed by atoms with Crippen LogP contribution in [-0.2, 0) is 80.3 Å². The first-order valence-corrected chi connectivity index (χ1v) is 33.4. The number of primary amides is 2. The number of nitrogens with two attached hydrogens (primary N) is 2. The molecule has 0 saturated carbocycles. The number of carboxylic acid groups (broad SMARTS) is 2. The molecule has 10 rings (SSSR count). The van der Waals surface area contributed by atoms with Gasteiger partial charge in [-0.05, 0) is 186 Å². The number of amides is 2. The van der Waals surface area contributed by atoms with Gasteiger partial charge in [0.25, 0.3) is 11.8 Å². The molecule has 532 valence electrons. The topological polar surface area (TPSA) is 320 Å². The first-order valence-electron chi connectivity index (χ1n) is 30.4. The second-order valence-electron chi connectivity index (χ2n) is 26.2. The van der Waals surface area contributed by atoms with Crippen LogP contribution in [0.25, 0.3) is 49.2 Å². The summed E-state index contributed by atoms with van der Waals surface area (Å²) >= 11 is 32.4. The van der Waals surface area contributed by atoms with Crippen molar-refractivity contribution in [3.63, 3.8) is 0 Å². The van der Waals surface area contributed by atoms with Crippen molar-refractivity contribution in [1.82, 2.24) is 18.3 Å². The summed E-state index contributed by atoms with van der Waals surface area (Å²) in [7, 11) is 0. The number of rotatable bonds is 14. The Kier molecular flexibility index (Phi) is 28.5. The van der Waals surface area contributed by atoms with E-state index >= 15 is 0 Å². The van der Waals surface area contributed by atoms with Crippen LogP contribution in [0.3, 0.4) is 0 Å². The van der Waals surface area contributed by atoms with E-state index in [4.69, 9.17) is 93.5 Å². The number of ether oxygens (including phenoxy) is 4. The van der Waals surface area contributed by atoms with Crippen molar-refractivity contribution >= 4 is 183 Å². The third-order valence-corrected chi connectivity index (χ3v) is 15.0. The maximum Gasteiger partial charge on any atom is 0.337 e. The monoisotopic (exact) mass is 1530 g/mol. The van der Waals surface area contributed by atoms with Gasteiger partial charge in [-0.2, -0.15) is 0 Å². The molecule has 100 heavy (non-hydrogen) atoms. The lowest BCUT2D eigenvalue weighted by molar-refractivity contribution is -0.156. The van der Waals surface area contributed by atoms with Gasteiger partial charge in [0.05, 0.1) is 16.7 Å². The molecule has 0 bridgehead atoms. The molecule has 0 aliphatic heterocycles. The van der Waals surface area contributed by atoms with Gasteiger partial charge in [0.2, 0.25) is 0 Å². The summed E-state index contributed by atoms with van der Waals surface area (Å²) in [5.74, 6) is -4.61. The number of fused-ring (bicyclic) bond motifs is 5. The smallest absolute Gasteiger partial charge is 0.337 e. The number of aldehydes is 2. The summed E-state index contributed by atoms with van der Waals surface area (Å²) in [6, 6.07) is 25.8. The van der Waals surface area contributed by atoms with Crippen LogP contribution in [0.5, 0.6) is 0 Å². The number of allylic oxidation sites excluding steroid dienone is 2. The number of alkyl halides is 1. The quantitative estimate of drug-likeness (QED) is 0.0340. The van der Waals surface area contributed by atoms with Crippen molar-refractivity contribution in [2.75, 3.05) is 5.33 Å². The second-order valence-corrected chi connectivity index (χ2v) is 28.9. The van der Waals surface area contributed by atoms with Gasteiger partial charge in [-0.3, -0.25) is 43.2 Å². The van der Waals surface area contributed by atoms with E-state index in [1.54, 1.807) is 140 Å². The molecule has 0 atom stereocenters. The van der Waals surface area contributed by atoms with E-state index in [9.17, 15) is 53.1 Å². The van der Waals surface area contributed by atoms with Crippen LogP contribution in [0.15, 0.2) is 122 Å². The lowest BCUT2D eigenvalue weighted by atomic mass is 10.1. The van der Waals surface area contributed by atoms with Crippen molar-refractivity contribution in [3.05, 3.63) is 180 Å². The van der Waals surface area contributed by atoms with Crippen LogP contribution in [-0.4, -0.2) is 116 Å². The van der Waals surface area contributed by atoms with Crippen molar-refractivity contribution < 1.29 is 77.1 Å². The molecule has 0 spiro atoms. The number of nitrogens with zero attached hydrogens (tertiary/aromatic N) is 4. The molecule has 9 aromatic rings. The van der Waals surface area contributed by atoms with Gasteiger partial charge in [0.15, 0.2) is 6.29 Å². The van der Waals surface area contributed by atoms with Gasteiger partial charge in [-0.25, -0.2) is 4.79 Å². The van der Waals surface area contributed by atoms with Crippen LogP contribution in [0.1, 0.15) is 136 Å². The minimum Gasteiger partial charge on any atom is -0.480 e. The highest BCUT2D eigenvalue weighted by Gasteiger charge is 2.24. The molecule has 0 saturated heterocycles. The zero-order valence-corrected chi connectivity index (χ0v) is 62.1. The Morgan fingerprint density at radius 2 is 0.770 bits per heavy atom. The maximum absolute atomic E-state index is 11.9. The zero-order chi connectivity index (χ0) is 75.1. The molecule has 0 unspecified atom stereocenters. The Morgan fingerprint density at radius 1 is 0.450 bits per heavy atom. The van der Waals surface area contributed by atoms with E-state index in [1.165, 1.54) is 22.5 Å². The predicted molar refractivity (Wildman–Crippen MR) is 391 cm³/mol. The minimum absolute atomic E-state index is 0.00266. The number of benzene rings is 5. The summed E-state index contributed by atoms with van der Waals surface area (Å²) in [6.45, 7) is 21.5. The number of halogens is 6. The van der Waals surface area contributed by atoms with E-state index in [-0.39, 0.29) is 66.1 Å². The highest BCUT2D eigenvalue weighted by Crippen LogP contribution is 2.31. The Morgan fingerprint density at radius 3 is 1.10 bits per heavy atom. The number of hydrogen-bond donors (Lipinski definition) is 4. The molecule has 5 aromatic carbocycles. The Bertz CT molecular complexity index is 4490. The Hall–Kier alpha value is -8.97. The van der Waals surface area contributed by atoms with Crippen LogP contribution < -0.4 is 11.5 Å². The van der Waals surface area contributed by atoms with Crippen molar-refractivity contribution in [2.24, 2.45) is 11.5 Å². The molecule has 6 N–H and O–H groups in total. The summed E-state index contributed by atoms with van der Waals surface area (Å²) < 4.78 is 27.1. The van der Waals surface area contributed by atoms with Crippen LogP contribution in [0.2, 0.25) is 25.1 Å². The molecule has 4 aromatic heterocycles. The number of aromatic carboxylic acids is 1. The van der Waals surface area contributed by atoms with Crippen LogP contribution >= 0.6 is 73.9 Å². The van der Waals surface area contributed by atoms with Gasteiger partial charge >= 0.3 is 35.8 Å². The Balaban J connectivity index is 0.000000220. The van der Waals surface area contributed by atoms with Gasteiger partial charge in [0.1, 0.15) is 60.2 Å². The standard InChI is InChI=1S/C15H17ClN2O3.C15H16ClNO4.C15H16ClNO3.C11H9ClN2O3.C10H7ClO.C6H11BrO2/c1-15(2,3)21-13(19)8-18-7-11(14(17)20)10-6-9(16)4-5-12(10)18;1-15(2,3)21-13(18)8-17-7-11(14(19)20)10-6-9(16)4-5-12(10)17;1-15(2,3)20-14(19)8-17-7-10(9-18)12-6-11(16)4-5-13(12)17;12-6-1-2-9-7(3-6)8(11(13)17)4-14(9)5-10(15)16;11-9-4-3-7-1-2-8(6-12)10(7)5-9;1-6(2,3)9-5(8)4-7/h4-7H,8H2,1-3H3,(H2,17,20);4-7H,8H2,1-3H3,(H,19,20);4-7,9H,8H2,1-3H3;1-4H,5H2,(H2,13,17)(H,15,16);2-6H,1H2;4H2,1-3H3. The van der Waals surface area contributed by atoms with Gasteiger partial charge in [0, 0.05) is 105 Å². The number of carbonyl (C=O) groups is 10. The molecular formula is C72H76BrCl5N6O16. The largest absolute Gasteiger partial charge is 0.480 e. The number of aromatic nitrogens is 4. The van der Waals surface area contributed by atoms with E-state index < -0.39 is 46.5 Å². The van der Waals surface area contributed by atoms with E-state index in [0.29, 0.717) is 68.9 Å². The molecule has 1 aliphatic rings. The number of carboxylic acids is 2. The number of carbonyl (C=O) groups excluding carboxylic acids is 8. The third kappa shape index (κ3) is 24.7. The molecule has 4 heterocycles. The fourth-order valence-electron chi connectivity index (χ4n) is 9.78. The van der Waals surface area contributed by atoms with Gasteiger partial charge in [-0.15, -0.1) is 0 Å². The van der Waals surface area contributed by atoms with Crippen LogP contribution in [0, 0.1) is 0 Å². The molecule has 22 nitrogen and oxygen atoms in total. The summed E-state index contributed by atoms with van der Waals surface area (Å²) in [6.07, 6.45) is 10.4. The molecule has 1 aliphatic carbocycles. The molecule has 28 heteroatoms. The van der Waals surface area contributed by atoms with E-state index in [1.807, 2.05) is 65.8 Å². The lowest BCUT2D eigenvalue weighted by Gasteiger charge is -2.19. The zero-order valence-electron chi connectivity index (χ0n) is 56.8. The van der Waals surface area contributed by atoms with Crippen LogP contribution in [0.4, 0.5) is 0 Å². The molecule has 0 fully saturated rings. The Labute approximate surface area is 610 Å². The molecular weight excluding hydrogens is 1460 g/mol. The lowest BCUT2D eigenvalue weighted by Crippen LogP contribution is -2.26. The number of esters is 4. The summed E-state index contributed by atoms with van der Waals surface area (Å²) in [5.41, 5.74) is 15.4. The normalized spacial score (nSPS) is 11.7. The minimum atomic E-state index is -1.06. The summed E-state index contributed by atoms with van der Waals surface area (Å²) in [4.78, 5) is 113. The SMILES string of the molecule is CC(C)(C)OC(=O)CBr.CC(C)(C)OC(=O)Cn1cc(C(=O)O)c2cc(Cl)ccc21.CC(C)(C)OC(=O)Cn1cc(C(N)=O)c2cc(Cl)ccc21.CC(C)(C)OC(=O)Cn1cc(C=O)c2cc(Cl)ccc21.NC(=O)c1cn(CC(=O)O)c2ccc(Cl)cc12.O=CC1=CCc2ccc(Cl)cc21. The highest BCUT2D eigenvalue weighted by molar-refractivity contribution is 9.09. The molecule has 0 radical (unpaired) electrons. The molecule has 2 amide bonds. The van der Waals surface area contributed by atoms with Crippen molar-refractivity contribution in [3.8, 4) is 0 Å². The fraction of sp³-hybridized carbons (Fsp3) is 0.306. The van der Waals surface area contributed by atoms with E-state index in [0.717, 1.165) is 41.0 Å².